The largest absolute Gasteiger partial charge is 0.310 e. The molecule has 0 aromatic heterocycles. The highest BCUT2D eigenvalue weighted by Gasteiger charge is 2.36. The van der Waals surface area contributed by atoms with Crippen LogP contribution in [0.4, 0.5) is 17.1 Å². The molecule has 0 spiro atoms. The number of hydrogen-bond donors (Lipinski definition) is 0. The molecule has 0 saturated carbocycles. The van der Waals surface area contributed by atoms with Crippen molar-refractivity contribution in [3.8, 4) is 0 Å². The normalized spacial score (nSPS) is 11.5. The fourth-order valence-corrected chi connectivity index (χ4v) is 10.1. The van der Waals surface area contributed by atoms with Gasteiger partial charge in [-0.05, 0) is 70.4 Å². The summed E-state index contributed by atoms with van der Waals surface area (Å²) in [5, 5.41) is 4.13. The fraction of sp³-hybridized carbons (Fsp3) is 0.0500. The Balaban J connectivity index is 1.45. The van der Waals surface area contributed by atoms with Gasteiger partial charge < -0.3 is 4.90 Å². The highest BCUT2D eigenvalue weighted by atomic mass is 28.3. The molecule has 0 aliphatic rings. The second-order valence-electron chi connectivity index (χ2n) is 10.7. The highest BCUT2D eigenvalue weighted by molar-refractivity contribution is 7.15. The van der Waals surface area contributed by atoms with E-state index in [9.17, 15) is 0 Å². The molecule has 0 atom stereocenters. The zero-order chi connectivity index (χ0) is 28.8. The van der Waals surface area contributed by atoms with E-state index in [1.807, 2.05) is 0 Å². The lowest BCUT2D eigenvalue weighted by Crippen LogP contribution is -2.66. The topological polar surface area (TPSA) is 3.24 Å². The van der Waals surface area contributed by atoms with Crippen LogP contribution >= 0.6 is 0 Å². The Morgan fingerprint density at radius 2 is 0.810 bits per heavy atom. The van der Waals surface area contributed by atoms with Crippen molar-refractivity contribution in [1.82, 2.24) is 0 Å². The van der Waals surface area contributed by atoms with Gasteiger partial charge in [0.1, 0.15) is 0 Å². The van der Waals surface area contributed by atoms with E-state index in [0.29, 0.717) is 0 Å². The minimum Gasteiger partial charge on any atom is -0.310 e. The molecule has 0 bridgehead atoms. The van der Waals surface area contributed by atoms with Gasteiger partial charge in [-0.15, -0.1) is 0 Å². The summed E-state index contributed by atoms with van der Waals surface area (Å²) in [5.41, 5.74) is 9.71. The summed E-state index contributed by atoms with van der Waals surface area (Å²) in [7, 11) is -2.45. The number of aryl methyl sites for hydroxylation is 2. The first-order chi connectivity index (χ1) is 20.7. The Morgan fingerprint density at radius 3 is 1.21 bits per heavy atom. The number of anilines is 3. The molecule has 0 aliphatic heterocycles. The van der Waals surface area contributed by atoms with Crippen LogP contribution in [-0.4, -0.2) is 8.07 Å². The van der Waals surface area contributed by atoms with Gasteiger partial charge in [-0.2, -0.15) is 0 Å². The molecule has 0 N–H and O–H groups in total. The molecule has 0 fully saturated rings. The molecule has 6 rings (SSSR count). The molecule has 0 amide bonds. The van der Waals surface area contributed by atoms with Crippen LogP contribution in [-0.2, 0) is 0 Å². The molecule has 42 heavy (non-hydrogen) atoms. The van der Waals surface area contributed by atoms with Crippen LogP contribution in [0, 0.1) is 13.8 Å². The van der Waals surface area contributed by atoms with E-state index in [1.54, 1.807) is 0 Å². The predicted octanol–water partition coefficient (Wildman–Crippen LogP) is 8.50. The first kappa shape index (κ1) is 27.3. The summed E-state index contributed by atoms with van der Waals surface area (Å²) < 4.78 is 0. The Bertz CT molecular complexity index is 1630. The maximum Gasteiger partial charge on any atom is 0.172 e. The first-order valence-electron chi connectivity index (χ1n) is 14.5. The van der Waals surface area contributed by atoms with Crippen LogP contribution in [0.5, 0.6) is 0 Å². The van der Waals surface area contributed by atoms with Gasteiger partial charge in [0.05, 0.1) is 0 Å². The number of hydrogen-bond acceptors (Lipinski definition) is 1. The number of nitrogens with zero attached hydrogens (tertiary/aromatic N) is 1. The van der Waals surface area contributed by atoms with E-state index in [4.69, 9.17) is 0 Å². The summed E-state index contributed by atoms with van der Waals surface area (Å²) in [6.07, 6.45) is 2.33. The van der Waals surface area contributed by atoms with Crippen LogP contribution in [0.3, 0.4) is 0 Å². The maximum atomic E-state index is 2.50. The quantitative estimate of drug-likeness (QED) is 0.134. The lowest BCUT2D eigenvalue weighted by atomic mass is 10.1. The average Bonchev–Trinajstić information content (AvgIpc) is 3.05. The zero-order valence-electron chi connectivity index (χ0n) is 24.2. The highest BCUT2D eigenvalue weighted by Crippen LogP contribution is 2.38. The van der Waals surface area contributed by atoms with E-state index in [1.165, 1.54) is 43.6 Å². The van der Waals surface area contributed by atoms with Gasteiger partial charge in [-0.3, -0.25) is 0 Å². The van der Waals surface area contributed by atoms with E-state index >= 15 is 0 Å². The lowest BCUT2D eigenvalue weighted by Gasteiger charge is -2.31. The monoisotopic (exact) mass is 557 g/mol. The third kappa shape index (κ3) is 5.37. The Labute approximate surface area is 251 Å². The summed E-state index contributed by atoms with van der Waals surface area (Å²) in [5.74, 6) is 0. The van der Waals surface area contributed by atoms with Gasteiger partial charge >= 0.3 is 0 Å². The third-order valence-electron chi connectivity index (χ3n) is 8.08. The van der Waals surface area contributed by atoms with E-state index in [-0.39, 0.29) is 0 Å². The number of rotatable bonds is 8. The Hall–Kier alpha value is -4.92. The van der Waals surface area contributed by atoms with Gasteiger partial charge in [0.2, 0.25) is 0 Å². The first-order valence-corrected chi connectivity index (χ1v) is 16.6. The molecule has 0 unspecified atom stereocenters. The van der Waals surface area contributed by atoms with E-state index in [2.05, 4.69) is 194 Å². The summed E-state index contributed by atoms with van der Waals surface area (Å²) >= 11 is 0. The van der Waals surface area contributed by atoms with Gasteiger partial charge in [-0.1, -0.05) is 151 Å². The molecule has 6 aromatic rings. The van der Waals surface area contributed by atoms with Gasteiger partial charge in [0, 0.05) is 17.1 Å². The Kier molecular flexibility index (Phi) is 7.98. The van der Waals surface area contributed by atoms with Crippen molar-refractivity contribution in [3.63, 3.8) is 0 Å². The standard InChI is InChI=1S/C40H35NSi/c1-32-16-12-14-24-39(32)41(40-25-15-13-17-33(40)2)35-28-26-34(27-29-35)30-31-42(36-18-6-3-7-19-36,37-20-8-4-9-21-37)38-22-10-5-11-23-38/h3-31H,1-2H3/b31-30+. The minimum atomic E-state index is -2.45. The molecule has 1 nitrogen and oxygen atoms in total. The van der Waals surface area contributed by atoms with Crippen molar-refractivity contribution in [2.24, 2.45) is 0 Å². The summed E-state index contributed by atoms with van der Waals surface area (Å²) in [6.45, 7) is 4.36. The van der Waals surface area contributed by atoms with Crippen LogP contribution < -0.4 is 20.5 Å². The van der Waals surface area contributed by atoms with Gasteiger partial charge in [0.25, 0.3) is 0 Å². The summed E-state index contributed by atoms with van der Waals surface area (Å²) in [4.78, 5) is 2.37. The summed E-state index contributed by atoms with van der Waals surface area (Å²) in [6, 6.07) is 59.3. The Morgan fingerprint density at radius 1 is 0.429 bits per heavy atom. The smallest absolute Gasteiger partial charge is 0.172 e. The third-order valence-corrected chi connectivity index (χ3v) is 12.5. The minimum absolute atomic E-state index is 1.15. The molecule has 6 aromatic carbocycles. The van der Waals surface area contributed by atoms with Crippen molar-refractivity contribution in [2.75, 3.05) is 4.90 Å². The van der Waals surface area contributed by atoms with Crippen LogP contribution in [0.25, 0.3) is 6.08 Å². The van der Waals surface area contributed by atoms with Crippen LogP contribution in [0.15, 0.2) is 169 Å². The average molecular weight is 558 g/mol. The van der Waals surface area contributed by atoms with Gasteiger partial charge in [-0.25, -0.2) is 0 Å². The van der Waals surface area contributed by atoms with Crippen molar-refractivity contribution in [1.29, 1.82) is 0 Å². The molecule has 2 heteroatoms. The number of para-hydroxylation sites is 2. The predicted molar refractivity (Wildman–Crippen MR) is 184 cm³/mol. The second-order valence-corrected chi connectivity index (χ2v) is 14.4. The van der Waals surface area contributed by atoms with Crippen LogP contribution in [0.1, 0.15) is 16.7 Å². The van der Waals surface area contributed by atoms with Crippen molar-refractivity contribution < 1.29 is 0 Å². The lowest BCUT2D eigenvalue weighted by molar-refractivity contribution is 1.22. The maximum absolute atomic E-state index is 2.50. The van der Waals surface area contributed by atoms with E-state index < -0.39 is 8.07 Å². The van der Waals surface area contributed by atoms with Gasteiger partial charge in [0.15, 0.2) is 8.07 Å². The van der Waals surface area contributed by atoms with E-state index in [0.717, 1.165) is 5.69 Å². The van der Waals surface area contributed by atoms with Crippen molar-refractivity contribution in [3.05, 3.63) is 186 Å². The molecule has 204 valence electrons. The molecule has 0 heterocycles. The molecule has 0 saturated heterocycles. The van der Waals surface area contributed by atoms with Crippen LogP contribution in [0.2, 0.25) is 0 Å². The molecule has 0 radical (unpaired) electrons. The van der Waals surface area contributed by atoms with Crippen molar-refractivity contribution in [2.45, 2.75) is 13.8 Å². The second kappa shape index (κ2) is 12.3. The molecular formula is C40H35NSi. The molecular weight excluding hydrogens is 523 g/mol. The zero-order valence-corrected chi connectivity index (χ0v) is 25.2. The SMILES string of the molecule is Cc1ccccc1N(c1ccc(/C=C/[Si](c2ccccc2)(c2ccccc2)c2ccccc2)cc1)c1ccccc1C. The fourth-order valence-electron chi connectivity index (χ4n) is 5.88. The molecule has 0 aliphatic carbocycles. The number of benzene rings is 6. The van der Waals surface area contributed by atoms with Crippen molar-refractivity contribution >= 4 is 46.8 Å².